The Morgan fingerprint density at radius 3 is 2.62 bits per heavy atom. The Labute approximate surface area is 152 Å². The summed E-state index contributed by atoms with van der Waals surface area (Å²) in [7, 11) is 1.97. The van der Waals surface area contributed by atoms with E-state index in [1.165, 1.54) is 12.8 Å². The molecule has 26 heavy (non-hydrogen) atoms. The number of benzene rings is 1. The normalized spacial score (nSPS) is 18.6. The van der Waals surface area contributed by atoms with Crippen LogP contribution in [0, 0.1) is 0 Å². The maximum Gasteiger partial charge on any atom is 0.270 e. The molecular formula is C20H23N5O. The van der Waals surface area contributed by atoms with E-state index in [2.05, 4.69) is 26.9 Å². The maximum atomic E-state index is 13.0. The Balaban J connectivity index is 1.32. The van der Waals surface area contributed by atoms with E-state index < -0.39 is 0 Å². The minimum atomic E-state index is 0.130. The first kappa shape index (κ1) is 15.6. The summed E-state index contributed by atoms with van der Waals surface area (Å²) in [6, 6.07) is 10.8. The number of carbonyl (C=O) groups is 1. The van der Waals surface area contributed by atoms with Crippen molar-refractivity contribution in [1.82, 2.24) is 24.2 Å². The van der Waals surface area contributed by atoms with Gasteiger partial charge in [-0.2, -0.15) is 0 Å². The van der Waals surface area contributed by atoms with Crippen molar-refractivity contribution >= 4 is 16.8 Å². The van der Waals surface area contributed by atoms with Crippen molar-refractivity contribution in [3.63, 3.8) is 0 Å². The number of rotatable bonds is 3. The minimum absolute atomic E-state index is 0.130. The summed E-state index contributed by atoms with van der Waals surface area (Å²) in [6.07, 6.45) is 6.27. The molecule has 1 saturated heterocycles. The highest BCUT2D eigenvalue weighted by Gasteiger charge is 2.32. The van der Waals surface area contributed by atoms with Crippen LogP contribution in [0.15, 0.2) is 36.7 Å². The smallest absolute Gasteiger partial charge is 0.270 e. The fourth-order valence-corrected chi connectivity index (χ4v) is 4.17. The molecule has 1 aliphatic heterocycles. The van der Waals surface area contributed by atoms with E-state index in [1.54, 1.807) is 0 Å². The summed E-state index contributed by atoms with van der Waals surface area (Å²) in [4.78, 5) is 15.0. The molecule has 1 aliphatic carbocycles. The number of para-hydroxylation sites is 1. The molecule has 0 atom stereocenters. The second-order valence-electron chi connectivity index (χ2n) is 7.54. The van der Waals surface area contributed by atoms with Crippen molar-refractivity contribution in [2.45, 2.75) is 37.6 Å². The molecule has 6 nitrogen and oxygen atoms in total. The molecule has 5 rings (SSSR count). The van der Waals surface area contributed by atoms with Crippen molar-refractivity contribution in [3.05, 3.63) is 48.2 Å². The molecule has 1 saturated carbocycles. The molecule has 0 N–H and O–H groups in total. The van der Waals surface area contributed by atoms with Crippen LogP contribution in [0.1, 0.15) is 54.0 Å². The number of carbonyl (C=O) groups excluding carboxylic acids is 1. The number of amides is 1. The van der Waals surface area contributed by atoms with Gasteiger partial charge in [-0.1, -0.05) is 18.2 Å². The number of aromatic nitrogens is 4. The summed E-state index contributed by atoms with van der Waals surface area (Å²) in [6.45, 7) is 1.56. The zero-order valence-electron chi connectivity index (χ0n) is 15.0. The third-order valence-corrected chi connectivity index (χ3v) is 5.86. The highest BCUT2D eigenvalue weighted by Crippen LogP contribution is 2.38. The van der Waals surface area contributed by atoms with Gasteiger partial charge in [0, 0.05) is 43.0 Å². The number of hydrogen-bond acceptors (Lipinski definition) is 3. The Hall–Kier alpha value is -2.63. The van der Waals surface area contributed by atoms with Crippen LogP contribution in [0.4, 0.5) is 0 Å². The molecule has 2 fully saturated rings. The van der Waals surface area contributed by atoms with Crippen LogP contribution < -0.4 is 0 Å². The minimum Gasteiger partial charge on any atom is -0.340 e. The van der Waals surface area contributed by atoms with Crippen LogP contribution in [0.3, 0.4) is 0 Å². The number of piperidine rings is 1. The molecule has 0 unspecified atom stereocenters. The summed E-state index contributed by atoms with van der Waals surface area (Å²) >= 11 is 0. The van der Waals surface area contributed by atoms with Crippen molar-refractivity contribution in [2.24, 2.45) is 7.05 Å². The van der Waals surface area contributed by atoms with Crippen LogP contribution in [0.25, 0.3) is 10.9 Å². The SMILES string of the molecule is Cn1c(C(=O)N2CCC(c3nncn3C3CC3)CC2)cc2ccccc21. The van der Waals surface area contributed by atoms with E-state index in [1.807, 2.05) is 41.0 Å². The van der Waals surface area contributed by atoms with E-state index in [-0.39, 0.29) is 5.91 Å². The van der Waals surface area contributed by atoms with Gasteiger partial charge >= 0.3 is 0 Å². The first-order valence-corrected chi connectivity index (χ1v) is 9.45. The van der Waals surface area contributed by atoms with Crippen molar-refractivity contribution < 1.29 is 4.79 Å². The van der Waals surface area contributed by atoms with Crippen molar-refractivity contribution in [1.29, 1.82) is 0 Å². The molecule has 1 aromatic carbocycles. The van der Waals surface area contributed by atoms with E-state index in [9.17, 15) is 4.79 Å². The molecule has 2 aliphatic rings. The number of likely N-dealkylation sites (tertiary alicyclic amines) is 1. The molecule has 0 radical (unpaired) electrons. The Bertz CT molecular complexity index is 960. The molecule has 134 valence electrons. The van der Waals surface area contributed by atoms with Crippen LogP contribution in [-0.4, -0.2) is 43.2 Å². The first-order valence-electron chi connectivity index (χ1n) is 9.45. The number of hydrogen-bond donors (Lipinski definition) is 0. The highest BCUT2D eigenvalue weighted by molar-refractivity contribution is 5.98. The first-order chi connectivity index (χ1) is 12.7. The van der Waals surface area contributed by atoms with Crippen LogP contribution in [0.5, 0.6) is 0 Å². The summed E-state index contributed by atoms with van der Waals surface area (Å²) in [5, 5.41) is 9.62. The van der Waals surface area contributed by atoms with Gasteiger partial charge in [-0.25, -0.2) is 0 Å². The average molecular weight is 349 g/mol. The predicted molar refractivity (Wildman–Crippen MR) is 99.1 cm³/mol. The van der Waals surface area contributed by atoms with Gasteiger partial charge in [-0.05, 0) is 37.8 Å². The van der Waals surface area contributed by atoms with Gasteiger partial charge in [0.25, 0.3) is 5.91 Å². The van der Waals surface area contributed by atoms with Gasteiger partial charge < -0.3 is 14.0 Å². The Kier molecular flexibility index (Phi) is 3.58. The number of nitrogens with zero attached hydrogens (tertiary/aromatic N) is 5. The zero-order chi connectivity index (χ0) is 17.7. The molecule has 0 bridgehead atoms. The quantitative estimate of drug-likeness (QED) is 0.730. The summed E-state index contributed by atoms with van der Waals surface area (Å²) in [5.74, 6) is 1.66. The van der Waals surface area contributed by atoms with Gasteiger partial charge in [0.05, 0.1) is 0 Å². The monoisotopic (exact) mass is 349 g/mol. The van der Waals surface area contributed by atoms with E-state index in [0.717, 1.165) is 48.4 Å². The molecule has 6 heteroatoms. The molecule has 3 aromatic rings. The number of fused-ring (bicyclic) bond motifs is 1. The largest absolute Gasteiger partial charge is 0.340 e. The predicted octanol–water partition coefficient (Wildman–Crippen LogP) is 3.12. The van der Waals surface area contributed by atoms with Crippen LogP contribution in [0.2, 0.25) is 0 Å². The van der Waals surface area contributed by atoms with E-state index in [4.69, 9.17) is 0 Å². The van der Waals surface area contributed by atoms with Gasteiger partial charge in [-0.3, -0.25) is 4.79 Å². The summed E-state index contributed by atoms with van der Waals surface area (Å²) < 4.78 is 4.26. The highest BCUT2D eigenvalue weighted by atomic mass is 16.2. The third-order valence-electron chi connectivity index (χ3n) is 5.86. The Morgan fingerprint density at radius 2 is 1.88 bits per heavy atom. The fraction of sp³-hybridized carbons (Fsp3) is 0.450. The molecule has 3 heterocycles. The van der Waals surface area contributed by atoms with Gasteiger partial charge in [0.2, 0.25) is 0 Å². The lowest BCUT2D eigenvalue weighted by Crippen LogP contribution is -2.39. The lowest BCUT2D eigenvalue weighted by molar-refractivity contribution is 0.0701. The Morgan fingerprint density at radius 1 is 1.12 bits per heavy atom. The second kappa shape index (κ2) is 5.97. The lowest BCUT2D eigenvalue weighted by atomic mass is 9.95. The average Bonchev–Trinajstić information content (AvgIpc) is 3.31. The van der Waals surface area contributed by atoms with E-state index in [0.29, 0.717) is 12.0 Å². The third kappa shape index (κ3) is 2.52. The second-order valence-corrected chi connectivity index (χ2v) is 7.54. The van der Waals surface area contributed by atoms with Gasteiger partial charge in [0.1, 0.15) is 17.8 Å². The van der Waals surface area contributed by atoms with Crippen molar-refractivity contribution in [3.8, 4) is 0 Å². The number of aryl methyl sites for hydroxylation is 1. The maximum absolute atomic E-state index is 13.0. The van der Waals surface area contributed by atoms with Gasteiger partial charge in [-0.15, -0.1) is 10.2 Å². The topological polar surface area (TPSA) is 56.0 Å². The standard InChI is InChI=1S/C20H23N5O/c1-23-17-5-3-2-4-15(17)12-18(23)20(26)24-10-8-14(9-11-24)19-22-21-13-25(19)16-6-7-16/h2-5,12-14,16H,6-11H2,1H3. The zero-order valence-corrected chi connectivity index (χ0v) is 15.0. The summed E-state index contributed by atoms with van der Waals surface area (Å²) in [5.41, 5.74) is 1.87. The van der Waals surface area contributed by atoms with E-state index >= 15 is 0 Å². The van der Waals surface area contributed by atoms with Crippen LogP contribution >= 0.6 is 0 Å². The molecule has 2 aromatic heterocycles. The molecule has 0 spiro atoms. The van der Waals surface area contributed by atoms with Gasteiger partial charge in [0.15, 0.2) is 0 Å². The fourth-order valence-electron chi connectivity index (χ4n) is 4.17. The van der Waals surface area contributed by atoms with Crippen LogP contribution in [-0.2, 0) is 7.05 Å². The molecular weight excluding hydrogens is 326 g/mol. The lowest BCUT2D eigenvalue weighted by Gasteiger charge is -2.31. The van der Waals surface area contributed by atoms with Crippen molar-refractivity contribution in [2.75, 3.05) is 13.1 Å². The molecule has 1 amide bonds.